The maximum absolute atomic E-state index is 13.3. The predicted molar refractivity (Wildman–Crippen MR) is 128 cm³/mol. The number of aliphatic hydroxyl groups is 2. The zero-order valence-electron chi connectivity index (χ0n) is 20.1. The molecule has 6 rings (SSSR count). The largest absolute Gasteiger partial charge is 0.358 e. The standard InChI is InChI=1S/C22H26N8O7S/c23-19-27-17-13(6-29-15(31)4-5-16(29)32)25-20(24)30-7-14(22(34,35)21(17,30)28-19)26-18(33)11-3-1-2-10-8-38(36,37)9-12(10)11/h1-3,13-14,17,34-35H,4-9H2,(H6,23,24,25,26,27,28,33)/p+2/t13-,14?,17-,21-/m0/s1. The summed E-state index contributed by atoms with van der Waals surface area (Å²) in [7, 11) is -3.38. The first-order valence-electron chi connectivity index (χ1n) is 12.1. The van der Waals surface area contributed by atoms with Gasteiger partial charge in [0.05, 0.1) is 24.6 Å². The number of fused-ring (bicyclic) bond motifs is 1. The predicted octanol–water partition coefficient (Wildman–Crippen LogP) is -6.58. The number of benzene rings is 1. The van der Waals surface area contributed by atoms with E-state index in [0.29, 0.717) is 11.1 Å². The van der Waals surface area contributed by atoms with Crippen LogP contribution in [0.3, 0.4) is 0 Å². The monoisotopic (exact) mass is 548 g/mol. The lowest BCUT2D eigenvalue weighted by molar-refractivity contribution is -0.674. The van der Waals surface area contributed by atoms with Gasteiger partial charge in [-0.15, -0.1) is 0 Å². The first-order chi connectivity index (χ1) is 17.8. The number of rotatable bonds is 4. The van der Waals surface area contributed by atoms with Crippen molar-refractivity contribution in [2.45, 2.75) is 53.9 Å². The Morgan fingerprint density at radius 1 is 1.21 bits per heavy atom. The highest BCUT2D eigenvalue weighted by molar-refractivity contribution is 7.90. The topological polar surface area (TPSA) is 234 Å². The summed E-state index contributed by atoms with van der Waals surface area (Å²) in [6, 6.07) is 1.73. The van der Waals surface area contributed by atoms with E-state index in [4.69, 9.17) is 11.5 Å². The van der Waals surface area contributed by atoms with Gasteiger partial charge in [-0.3, -0.25) is 41.1 Å². The number of nitrogens with two attached hydrogens (primary N) is 2. The molecule has 0 aliphatic carbocycles. The summed E-state index contributed by atoms with van der Waals surface area (Å²) in [6.45, 7) is -0.254. The second-order valence-electron chi connectivity index (χ2n) is 10.3. The lowest BCUT2D eigenvalue weighted by Crippen LogP contribution is -2.92. The summed E-state index contributed by atoms with van der Waals surface area (Å²) in [5.74, 6) is -4.46. The fraction of sp³-hybridized carbons (Fsp3) is 0.500. The van der Waals surface area contributed by atoms with Crippen molar-refractivity contribution in [2.24, 2.45) is 11.5 Å². The molecule has 1 spiro atoms. The molecule has 0 bridgehead atoms. The number of imide groups is 1. The molecule has 1 aromatic carbocycles. The second kappa shape index (κ2) is 7.87. The lowest BCUT2D eigenvalue weighted by atomic mass is 9.85. The van der Waals surface area contributed by atoms with Crippen LogP contribution >= 0.6 is 0 Å². The number of nitrogens with zero attached hydrogens (tertiary/aromatic N) is 2. The van der Waals surface area contributed by atoms with Gasteiger partial charge in [-0.2, -0.15) is 0 Å². The number of carbonyl (C=O) groups is 3. The van der Waals surface area contributed by atoms with E-state index in [2.05, 4.69) is 20.9 Å². The molecule has 202 valence electrons. The van der Waals surface area contributed by atoms with Gasteiger partial charge >= 0.3 is 11.9 Å². The molecular formula is C22H28N8O7S+2. The minimum atomic E-state index is -3.38. The summed E-state index contributed by atoms with van der Waals surface area (Å²) >= 11 is 0. The van der Waals surface area contributed by atoms with Crippen molar-refractivity contribution in [3.63, 3.8) is 0 Å². The Hall–Kier alpha value is -3.76. The van der Waals surface area contributed by atoms with Gasteiger partial charge in [0.25, 0.3) is 17.4 Å². The second-order valence-corrected chi connectivity index (χ2v) is 12.4. The quantitative estimate of drug-likeness (QED) is 0.100. The minimum absolute atomic E-state index is 0.00566. The molecule has 0 aromatic heterocycles. The van der Waals surface area contributed by atoms with Crippen LogP contribution in [0.25, 0.3) is 0 Å². The molecule has 0 radical (unpaired) electrons. The highest BCUT2D eigenvalue weighted by Gasteiger charge is 2.78. The Balaban J connectivity index is 1.32. The van der Waals surface area contributed by atoms with E-state index >= 15 is 0 Å². The maximum atomic E-state index is 13.3. The van der Waals surface area contributed by atoms with E-state index < -0.39 is 45.3 Å². The number of guanidine groups is 2. The van der Waals surface area contributed by atoms with E-state index in [1.807, 2.05) is 0 Å². The SMILES string of the molecule is NC1=[NH+][C@H]2[C@H](CN3C(=O)CCC3=O)NC(N)=[N+]3CC(NC(=O)c4cccc5c4CS(=O)(=O)C5)C(O)(O)[C@]23N1. The van der Waals surface area contributed by atoms with Crippen molar-refractivity contribution in [1.82, 2.24) is 20.9 Å². The van der Waals surface area contributed by atoms with Gasteiger partial charge in [-0.05, 0) is 17.2 Å². The van der Waals surface area contributed by atoms with Gasteiger partial charge in [-0.25, -0.2) is 18.3 Å². The summed E-state index contributed by atoms with van der Waals surface area (Å²) in [5, 5.41) is 31.7. The van der Waals surface area contributed by atoms with Crippen LogP contribution in [0, 0.1) is 0 Å². The normalized spacial score (nSPS) is 32.3. The third kappa shape index (κ3) is 3.33. The van der Waals surface area contributed by atoms with Crippen molar-refractivity contribution in [3.05, 3.63) is 34.9 Å². The highest BCUT2D eigenvalue weighted by atomic mass is 32.2. The summed E-state index contributed by atoms with van der Waals surface area (Å²) in [4.78, 5) is 41.9. The van der Waals surface area contributed by atoms with E-state index in [0.717, 1.165) is 4.90 Å². The maximum Gasteiger partial charge on any atom is 0.347 e. The fourth-order valence-corrected chi connectivity index (χ4v) is 7.94. The molecule has 3 amide bonds. The summed E-state index contributed by atoms with van der Waals surface area (Å²) in [6.07, 6.45) is 0.185. The molecule has 0 saturated carbocycles. The van der Waals surface area contributed by atoms with Crippen molar-refractivity contribution >= 4 is 39.5 Å². The molecule has 5 aliphatic heterocycles. The molecule has 38 heavy (non-hydrogen) atoms. The zero-order valence-corrected chi connectivity index (χ0v) is 20.9. The molecule has 1 unspecified atom stereocenters. The Bertz CT molecular complexity index is 1460. The van der Waals surface area contributed by atoms with E-state index in [9.17, 15) is 33.0 Å². The Labute approximate surface area is 216 Å². The van der Waals surface area contributed by atoms with E-state index in [1.54, 1.807) is 12.1 Å². The Morgan fingerprint density at radius 2 is 1.92 bits per heavy atom. The summed E-state index contributed by atoms with van der Waals surface area (Å²) < 4.78 is 25.7. The Morgan fingerprint density at radius 3 is 2.63 bits per heavy atom. The van der Waals surface area contributed by atoms with Crippen molar-refractivity contribution in [2.75, 3.05) is 13.1 Å². The van der Waals surface area contributed by atoms with Crippen LogP contribution in [0.4, 0.5) is 0 Å². The van der Waals surface area contributed by atoms with Crippen molar-refractivity contribution in [1.29, 1.82) is 0 Å². The molecule has 5 aliphatic rings. The van der Waals surface area contributed by atoms with E-state index in [-0.39, 0.29) is 66.7 Å². The first kappa shape index (κ1) is 24.6. The number of carbonyl (C=O) groups excluding carboxylic acids is 3. The van der Waals surface area contributed by atoms with Crippen LogP contribution < -0.4 is 32.4 Å². The van der Waals surface area contributed by atoms with Gasteiger partial charge in [0.2, 0.25) is 11.8 Å². The summed E-state index contributed by atoms with van der Waals surface area (Å²) in [5.41, 5.74) is 11.6. The van der Waals surface area contributed by atoms with Gasteiger partial charge < -0.3 is 15.5 Å². The minimum Gasteiger partial charge on any atom is -0.358 e. The zero-order chi connectivity index (χ0) is 27.2. The molecule has 15 nitrogen and oxygen atoms in total. The first-order valence-corrected chi connectivity index (χ1v) is 13.9. The number of hydrogen-bond donors (Lipinski definition) is 8. The smallest absolute Gasteiger partial charge is 0.347 e. The number of likely N-dealkylation sites (tertiary alicyclic amines) is 1. The molecule has 1 aromatic rings. The molecule has 2 saturated heterocycles. The van der Waals surface area contributed by atoms with Crippen molar-refractivity contribution < 1.29 is 42.6 Å². The van der Waals surface area contributed by atoms with Gasteiger partial charge in [0.15, 0.2) is 15.9 Å². The van der Waals surface area contributed by atoms with Gasteiger partial charge in [0.1, 0.15) is 12.1 Å². The van der Waals surface area contributed by atoms with E-state index in [1.165, 1.54) is 10.6 Å². The molecule has 2 fully saturated rings. The average molecular weight is 549 g/mol. The molecule has 10 N–H and O–H groups in total. The van der Waals surface area contributed by atoms with Crippen LogP contribution in [0.2, 0.25) is 0 Å². The van der Waals surface area contributed by atoms with Crippen LogP contribution in [0.5, 0.6) is 0 Å². The van der Waals surface area contributed by atoms with Crippen LogP contribution in [0.15, 0.2) is 18.2 Å². The third-order valence-corrected chi connectivity index (χ3v) is 9.53. The van der Waals surface area contributed by atoms with Gasteiger partial charge in [0, 0.05) is 18.4 Å². The van der Waals surface area contributed by atoms with Gasteiger partial charge in [-0.1, -0.05) is 12.1 Å². The lowest BCUT2D eigenvalue weighted by Gasteiger charge is -2.41. The number of sulfone groups is 1. The fourth-order valence-electron chi connectivity index (χ4n) is 6.31. The molecule has 4 atom stereocenters. The van der Waals surface area contributed by atoms with Crippen LogP contribution in [0.1, 0.15) is 34.3 Å². The molecule has 5 heterocycles. The third-order valence-electron chi connectivity index (χ3n) is 8.05. The van der Waals surface area contributed by atoms with Crippen molar-refractivity contribution in [3.8, 4) is 0 Å². The molecular weight excluding hydrogens is 520 g/mol. The number of nitrogens with one attached hydrogen (secondary N) is 4. The number of amides is 3. The molecule has 16 heteroatoms. The van der Waals surface area contributed by atoms with Crippen LogP contribution in [-0.2, 0) is 30.9 Å². The highest BCUT2D eigenvalue weighted by Crippen LogP contribution is 2.38. The van der Waals surface area contributed by atoms with Crippen LogP contribution in [-0.4, -0.2) is 100 Å². The Kier molecular flexibility index (Phi) is 5.09. The number of hydrogen-bond acceptors (Lipinski definition) is 11. The average Bonchev–Trinajstić information content (AvgIpc) is 3.52.